The number of nitrogens with zero attached hydrogens (tertiary/aromatic N) is 5. The van der Waals surface area contributed by atoms with Gasteiger partial charge in [-0.1, -0.05) is 12.8 Å². The normalized spacial score (nSPS) is 19.3. The van der Waals surface area contributed by atoms with Crippen LogP contribution >= 0.6 is 11.8 Å². The van der Waals surface area contributed by atoms with Gasteiger partial charge in [0.05, 0.1) is 6.10 Å². The van der Waals surface area contributed by atoms with Crippen LogP contribution in [0.1, 0.15) is 56.6 Å². The number of hydrogen-bond donors (Lipinski definition) is 1. The van der Waals surface area contributed by atoms with Gasteiger partial charge in [0.1, 0.15) is 12.4 Å². The Morgan fingerprint density at radius 3 is 2.62 bits per heavy atom. The first-order valence-electron chi connectivity index (χ1n) is 11.2. The van der Waals surface area contributed by atoms with Gasteiger partial charge in [-0.05, 0) is 57.0 Å². The molecule has 2 fully saturated rings. The molecule has 2 heterocycles. The number of thioether (sulfide) groups is 1. The fourth-order valence-corrected chi connectivity index (χ4v) is 4.54. The van der Waals surface area contributed by atoms with Crippen molar-refractivity contribution < 1.29 is 4.74 Å². The van der Waals surface area contributed by atoms with E-state index in [1.165, 1.54) is 31.4 Å². The van der Waals surface area contributed by atoms with Crippen molar-refractivity contribution in [1.29, 1.82) is 0 Å². The van der Waals surface area contributed by atoms with Crippen LogP contribution in [0.15, 0.2) is 4.99 Å². The van der Waals surface area contributed by atoms with Crippen LogP contribution in [0.2, 0.25) is 0 Å². The van der Waals surface area contributed by atoms with E-state index in [1.807, 2.05) is 30.3 Å². The number of aromatic nitrogens is 3. The number of nitrogens with one attached hydrogen (secondary N) is 1. The van der Waals surface area contributed by atoms with Crippen molar-refractivity contribution in [3.05, 3.63) is 11.6 Å². The van der Waals surface area contributed by atoms with Gasteiger partial charge in [0.25, 0.3) is 0 Å². The molecule has 29 heavy (non-hydrogen) atoms. The van der Waals surface area contributed by atoms with Gasteiger partial charge in [-0.2, -0.15) is 11.8 Å². The second-order valence-electron chi connectivity index (χ2n) is 8.31. The Kier molecular flexibility index (Phi) is 9.11. The molecule has 1 aliphatic heterocycles. The van der Waals surface area contributed by atoms with Gasteiger partial charge in [-0.3, -0.25) is 0 Å². The highest BCUT2D eigenvalue weighted by Gasteiger charge is 2.24. The van der Waals surface area contributed by atoms with E-state index in [0.717, 1.165) is 69.0 Å². The summed E-state index contributed by atoms with van der Waals surface area (Å²) >= 11 is 1.89. The number of aryl methyl sites for hydroxylation is 1. The summed E-state index contributed by atoms with van der Waals surface area (Å²) in [5.41, 5.74) is 0. The number of piperidine rings is 1. The monoisotopic (exact) mass is 422 g/mol. The number of rotatable bonds is 9. The molecule has 0 amide bonds. The summed E-state index contributed by atoms with van der Waals surface area (Å²) in [5, 5.41) is 12.0. The summed E-state index contributed by atoms with van der Waals surface area (Å²) in [6.07, 6.45) is 11.4. The van der Waals surface area contributed by atoms with E-state index in [2.05, 4.69) is 26.7 Å². The zero-order valence-electron chi connectivity index (χ0n) is 18.4. The van der Waals surface area contributed by atoms with Crippen molar-refractivity contribution in [3.8, 4) is 0 Å². The molecule has 0 unspecified atom stereocenters. The quantitative estimate of drug-likeness (QED) is 0.375. The van der Waals surface area contributed by atoms with Crippen LogP contribution in [0.4, 0.5) is 0 Å². The molecule has 3 rings (SSSR count). The molecule has 164 valence electrons. The molecule has 1 aromatic rings. The van der Waals surface area contributed by atoms with E-state index in [-0.39, 0.29) is 0 Å². The Morgan fingerprint density at radius 2 is 1.97 bits per heavy atom. The first-order chi connectivity index (χ1) is 14.2. The van der Waals surface area contributed by atoms with Gasteiger partial charge in [0.2, 0.25) is 0 Å². The molecule has 8 heteroatoms. The lowest BCUT2D eigenvalue weighted by molar-refractivity contribution is 0.000998. The van der Waals surface area contributed by atoms with E-state index >= 15 is 0 Å². The number of guanidine groups is 1. The van der Waals surface area contributed by atoms with Gasteiger partial charge in [0.15, 0.2) is 11.8 Å². The Morgan fingerprint density at radius 1 is 1.21 bits per heavy atom. The third kappa shape index (κ3) is 6.88. The molecular weight excluding hydrogens is 384 g/mol. The summed E-state index contributed by atoms with van der Waals surface area (Å²) < 4.78 is 8.26. The molecule has 1 saturated carbocycles. The Bertz CT molecular complexity index is 635. The van der Waals surface area contributed by atoms with Gasteiger partial charge in [-0.25, -0.2) is 4.99 Å². The summed E-state index contributed by atoms with van der Waals surface area (Å²) in [7, 11) is 2.00. The maximum absolute atomic E-state index is 6.24. The summed E-state index contributed by atoms with van der Waals surface area (Å²) in [5.74, 6) is 4.80. The second kappa shape index (κ2) is 11.8. The molecule has 0 atom stereocenters. The predicted octanol–water partition coefficient (Wildman–Crippen LogP) is 2.99. The topological polar surface area (TPSA) is 67.6 Å². The summed E-state index contributed by atoms with van der Waals surface area (Å²) in [6, 6.07) is 0. The molecule has 1 aliphatic carbocycles. The van der Waals surface area contributed by atoms with Gasteiger partial charge < -0.3 is 19.5 Å². The summed E-state index contributed by atoms with van der Waals surface area (Å²) in [6.45, 7) is 6.45. The zero-order valence-corrected chi connectivity index (χ0v) is 19.2. The lowest BCUT2D eigenvalue weighted by atomic mass is 10.1. The maximum Gasteiger partial charge on any atom is 0.194 e. The highest BCUT2D eigenvalue weighted by molar-refractivity contribution is 7.98. The third-order valence-corrected chi connectivity index (χ3v) is 6.84. The van der Waals surface area contributed by atoms with E-state index in [4.69, 9.17) is 9.73 Å². The third-order valence-electron chi connectivity index (χ3n) is 6.15. The highest BCUT2D eigenvalue weighted by Crippen LogP contribution is 2.26. The van der Waals surface area contributed by atoms with Crippen LogP contribution in [-0.4, -0.2) is 70.0 Å². The van der Waals surface area contributed by atoms with Crippen LogP contribution in [0.25, 0.3) is 0 Å². The average Bonchev–Trinajstić information content (AvgIpc) is 3.37. The van der Waals surface area contributed by atoms with E-state index in [0.29, 0.717) is 12.6 Å². The van der Waals surface area contributed by atoms with Crippen LogP contribution in [-0.2, 0) is 18.3 Å². The summed E-state index contributed by atoms with van der Waals surface area (Å²) in [4.78, 5) is 7.27. The maximum atomic E-state index is 6.24. The molecule has 1 aromatic heterocycles. The van der Waals surface area contributed by atoms with Crippen molar-refractivity contribution in [1.82, 2.24) is 25.0 Å². The first kappa shape index (κ1) is 22.4. The molecule has 7 nitrogen and oxygen atoms in total. The lowest BCUT2D eigenvalue weighted by Gasteiger charge is -2.34. The first-order valence-corrected chi connectivity index (χ1v) is 12.6. The van der Waals surface area contributed by atoms with Crippen LogP contribution in [0, 0.1) is 12.8 Å². The van der Waals surface area contributed by atoms with E-state index < -0.39 is 0 Å². The largest absolute Gasteiger partial charge is 0.378 e. The molecular formula is C21H38N6OS. The number of aliphatic imine (C=N–C) groups is 1. The minimum atomic E-state index is 0.408. The average molecular weight is 423 g/mol. The van der Waals surface area contributed by atoms with Crippen molar-refractivity contribution >= 4 is 17.7 Å². The van der Waals surface area contributed by atoms with Gasteiger partial charge in [0, 0.05) is 33.3 Å². The van der Waals surface area contributed by atoms with E-state index in [1.54, 1.807) is 0 Å². The molecule has 2 aliphatic rings. The number of hydrogen-bond acceptors (Lipinski definition) is 5. The zero-order chi connectivity index (χ0) is 20.5. The van der Waals surface area contributed by atoms with E-state index in [9.17, 15) is 0 Å². The predicted molar refractivity (Wildman–Crippen MR) is 120 cm³/mol. The smallest absolute Gasteiger partial charge is 0.194 e. The van der Waals surface area contributed by atoms with Gasteiger partial charge in [-0.15, -0.1) is 10.2 Å². The number of likely N-dealkylation sites (tertiary alicyclic amines) is 1. The molecule has 0 spiro atoms. The Hall–Kier alpha value is -1.28. The minimum absolute atomic E-state index is 0.408. The Labute approximate surface area is 180 Å². The molecule has 1 saturated heterocycles. The second-order valence-corrected chi connectivity index (χ2v) is 9.29. The van der Waals surface area contributed by atoms with Crippen molar-refractivity contribution in [3.63, 3.8) is 0 Å². The lowest BCUT2D eigenvalue weighted by Crippen LogP contribution is -2.47. The molecule has 1 N–H and O–H groups in total. The molecule has 0 aromatic carbocycles. The van der Waals surface area contributed by atoms with Gasteiger partial charge >= 0.3 is 0 Å². The SMILES string of the molecule is CSCCCNC(=NCc1nnc(C)n1C)N1CCC(OCC2CCCC2)CC1. The van der Waals surface area contributed by atoms with Crippen LogP contribution < -0.4 is 5.32 Å². The van der Waals surface area contributed by atoms with Crippen LogP contribution in [0.5, 0.6) is 0 Å². The van der Waals surface area contributed by atoms with Crippen molar-refractivity contribution in [2.24, 2.45) is 18.0 Å². The fraction of sp³-hybridized carbons (Fsp3) is 0.857. The molecule has 0 bridgehead atoms. The number of ether oxygens (including phenoxy) is 1. The fourth-order valence-electron chi connectivity index (χ4n) is 4.10. The van der Waals surface area contributed by atoms with Crippen LogP contribution in [0.3, 0.4) is 0 Å². The molecule has 0 radical (unpaired) electrons. The minimum Gasteiger partial charge on any atom is -0.378 e. The Balaban J connectivity index is 1.51. The van der Waals surface area contributed by atoms with Crippen molar-refractivity contribution in [2.75, 3.05) is 38.2 Å². The highest BCUT2D eigenvalue weighted by atomic mass is 32.2. The van der Waals surface area contributed by atoms with Crippen molar-refractivity contribution in [2.45, 2.75) is 64.5 Å². The standard InChI is InChI=1S/C21H38N6OS/c1-17-24-25-20(26(17)2)15-23-21(22-11-6-14-29-3)27-12-9-19(10-13-27)28-16-18-7-4-5-8-18/h18-19H,4-16H2,1-3H3,(H,22,23).